The highest BCUT2D eigenvalue weighted by Gasteiger charge is 2.25. The summed E-state index contributed by atoms with van der Waals surface area (Å²) in [6, 6.07) is 1.59. The molecule has 3 aromatic heterocycles. The molecule has 0 spiro atoms. The molecular weight excluding hydrogens is 352 g/mol. The maximum absolute atomic E-state index is 12.3. The standard InChI is InChI=1S/C17H18N6O2S/c24-15-9-13(20-17-23(15)7-8-26-17)11-22-5-1-12(2-6-22)16(25)21-14-10-18-3-4-19-14/h3-4,7-10,12H,1-2,5-6,11H2,(H,19,21,25). The molecule has 1 N–H and O–H groups in total. The van der Waals surface area contributed by atoms with Gasteiger partial charge in [0.1, 0.15) is 0 Å². The van der Waals surface area contributed by atoms with Crippen molar-refractivity contribution in [3.05, 3.63) is 52.3 Å². The van der Waals surface area contributed by atoms with Crippen LogP contribution in [0.5, 0.6) is 0 Å². The van der Waals surface area contributed by atoms with E-state index in [0.717, 1.165) is 31.6 Å². The molecule has 3 aromatic rings. The minimum Gasteiger partial charge on any atom is -0.309 e. The number of fused-ring (bicyclic) bond motifs is 1. The van der Waals surface area contributed by atoms with Gasteiger partial charge in [0.15, 0.2) is 10.8 Å². The molecule has 0 atom stereocenters. The molecule has 1 aliphatic heterocycles. The van der Waals surface area contributed by atoms with Gasteiger partial charge in [-0.1, -0.05) is 0 Å². The number of anilines is 1. The zero-order chi connectivity index (χ0) is 17.9. The number of carbonyl (C=O) groups is 1. The average Bonchev–Trinajstić information content (AvgIpc) is 3.12. The minimum absolute atomic E-state index is 0.0125. The number of hydrogen-bond acceptors (Lipinski definition) is 7. The van der Waals surface area contributed by atoms with Crippen LogP contribution in [-0.2, 0) is 11.3 Å². The molecule has 1 aliphatic rings. The molecule has 0 saturated carbocycles. The number of nitrogens with one attached hydrogen (secondary N) is 1. The molecule has 0 radical (unpaired) electrons. The quantitative estimate of drug-likeness (QED) is 0.746. The highest BCUT2D eigenvalue weighted by atomic mass is 32.1. The molecule has 9 heteroatoms. The van der Waals surface area contributed by atoms with E-state index in [2.05, 4.69) is 25.2 Å². The van der Waals surface area contributed by atoms with Crippen molar-refractivity contribution < 1.29 is 4.79 Å². The molecule has 1 fully saturated rings. The monoisotopic (exact) mass is 370 g/mol. The number of amides is 1. The van der Waals surface area contributed by atoms with Gasteiger partial charge in [-0.2, -0.15) is 0 Å². The number of piperidine rings is 1. The van der Waals surface area contributed by atoms with Crippen molar-refractivity contribution in [3.8, 4) is 0 Å². The summed E-state index contributed by atoms with van der Waals surface area (Å²) in [5.41, 5.74) is 0.726. The smallest absolute Gasteiger partial charge is 0.258 e. The number of hydrogen-bond donors (Lipinski definition) is 1. The van der Waals surface area contributed by atoms with Gasteiger partial charge >= 0.3 is 0 Å². The van der Waals surface area contributed by atoms with E-state index in [0.29, 0.717) is 17.3 Å². The van der Waals surface area contributed by atoms with Crippen molar-refractivity contribution >= 4 is 28.0 Å². The number of likely N-dealkylation sites (tertiary alicyclic amines) is 1. The predicted molar refractivity (Wildman–Crippen MR) is 98.0 cm³/mol. The van der Waals surface area contributed by atoms with Gasteiger partial charge in [-0.05, 0) is 25.9 Å². The SMILES string of the molecule is O=C(Nc1cnccn1)C1CCN(Cc2cc(=O)n3ccsc3n2)CC1. The molecule has 1 amide bonds. The van der Waals surface area contributed by atoms with E-state index in [1.807, 2.05) is 5.38 Å². The second kappa shape index (κ2) is 7.30. The van der Waals surface area contributed by atoms with Gasteiger partial charge in [-0.25, -0.2) is 9.97 Å². The molecule has 4 rings (SSSR count). The second-order valence-corrected chi connectivity index (χ2v) is 7.14. The Balaban J connectivity index is 1.34. The Kier molecular flexibility index (Phi) is 4.72. The lowest BCUT2D eigenvalue weighted by molar-refractivity contribution is -0.121. The Morgan fingerprint density at radius 3 is 2.92 bits per heavy atom. The first kappa shape index (κ1) is 16.8. The molecule has 1 saturated heterocycles. The van der Waals surface area contributed by atoms with Crippen LogP contribution in [0, 0.1) is 5.92 Å². The molecule has 0 bridgehead atoms. The topological polar surface area (TPSA) is 92.5 Å². The highest BCUT2D eigenvalue weighted by Crippen LogP contribution is 2.20. The van der Waals surface area contributed by atoms with E-state index in [-0.39, 0.29) is 17.4 Å². The van der Waals surface area contributed by atoms with Crippen LogP contribution in [0.15, 0.2) is 41.0 Å². The fourth-order valence-electron chi connectivity index (χ4n) is 3.14. The maximum atomic E-state index is 12.3. The number of aromatic nitrogens is 4. The van der Waals surface area contributed by atoms with Crippen LogP contribution < -0.4 is 10.9 Å². The number of thiazole rings is 1. The zero-order valence-corrected chi connectivity index (χ0v) is 14.9. The van der Waals surface area contributed by atoms with E-state index >= 15 is 0 Å². The summed E-state index contributed by atoms with van der Waals surface area (Å²) in [4.78, 5) is 39.9. The fraction of sp³-hybridized carbons (Fsp3) is 0.353. The number of carbonyl (C=O) groups excluding carboxylic acids is 1. The first-order valence-corrected chi connectivity index (χ1v) is 9.32. The van der Waals surface area contributed by atoms with E-state index in [9.17, 15) is 9.59 Å². The van der Waals surface area contributed by atoms with Gasteiger partial charge < -0.3 is 5.32 Å². The summed E-state index contributed by atoms with van der Waals surface area (Å²) in [5, 5.41) is 4.67. The van der Waals surface area contributed by atoms with Crippen molar-refractivity contribution in [1.29, 1.82) is 0 Å². The van der Waals surface area contributed by atoms with Crippen molar-refractivity contribution in [1.82, 2.24) is 24.3 Å². The van der Waals surface area contributed by atoms with Gasteiger partial charge in [-0.15, -0.1) is 11.3 Å². The van der Waals surface area contributed by atoms with Crippen molar-refractivity contribution in [2.75, 3.05) is 18.4 Å². The minimum atomic E-state index is -0.0514. The molecule has 4 heterocycles. The predicted octanol–water partition coefficient (Wildman–Crippen LogP) is 1.40. The lowest BCUT2D eigenvalue weighted by Gasteiger charge is -2.30. The maximum Gasteiger partial charge on any atom is 0.258 e. The fourth-order valence-corrected chi connectivity index (χ4v) is 3.88. The Hall–Kier alpha value is -2.65. The van der Waals surface area contributed by atoms with Gasteiger partial charge in [-0.3, -0.25) is 23.9 Å². The van der Waals surface area contributed by atoms with Crippen molar-refractivity contribution in [3.63, 3.8) is 0 Å². The van der Waals surface area contributed by atoms with Crippen LogP contribution in [0.1, 0.15) is 18.5 Å². The Morgan fingerprint density at radius 2 is 2.15 bits per heavy atom. The molecule has 26 heavy (non-hydrogen) atoms. The van der Waals surface area contributed by atoms with Crippen molar-refractivity contribution in [2.24, 2.45) is 5.92 Å². The normalized spacial score (nSPS) is 16.0. The molecule has 0 aromatic carbocycles. The summed E-state index contributed by atoms with van der Waals surface area (Å²) < 4.78 is 1.55. The third-order valence-electron chi connectivity index (χ3n) is 4.51. The summed E-state index contributed by atoms with van der Waals surface area (Å²) in [7, 11) is 0. The van der Waals surface area contributed by atoms with E-state index in [1.165, 1.54) is 17.5 Å². The molecule has 0 aliphatic carbocycles. The third-order valence-corrected chi connectivity index (χ3v) is 5.27. The summed E-state index contributed by atoms with van der Waals surface area (Å²) >= 11 is 1.45. The van der Waals surface area contributed by atoms with Crippen LogP contribution >= 0.6 is 11.3 Å². The number of rotatable bonds is 4. The molecule has 0 unspecified atom stereocenters. The summed E-state index contributed by atoms with van der Waals surface area (Å²) in [6.45, 7) is 2.22. The van der Waals surface area contributed by atoms with Gasteiger partial charge in [0.25, 0.3) is 5.56 Å². The van der Waals surface area contributed by atoms with Crippen LogP contribution in [0.3, 0.4) is 0 Å². The number of nitrogens with zero attached hydrogens (tertiary/aromatic N) is 5. The zero-order valence-electron chi connectivity index (χ0n) is 14.0. The molecule has 134 valence electrons. The van der Waals surface area contributed by atoms with E-state index in [1.54, 1.807) is 29.1 Å². The van der Waals surface area contributed by atoms with Gasteiger partial charge in [0.2, 0.25) is 5.91 Å². The lowest BCUT2D eigenvalue weighted by atomic mass is 9.96. The Morgan fingerprint density at radius 1 is 1.31 bits per heavy atom. The summed E-state index contributed by atoms with van der Waals surface area (Å²) in [5.74, 6) is 0.432. The van der Waals surface area contributed by atoms with Crippen LogP contribution in [0.4, 0.5) is 5.82 Å². The van der Waals surface area contributed by atoms with E-state index in [4.69, 9.17) is 0 Å². The van der Waals surface area contributed by atoms with Crippen molar-refractivity contribution in [2.45, 2.75) is 19.4 Å². The second-order valence-electron chi connectivity index (χ2n) is 6.27. The average molecular weight is 370 g/mol. The largest absolute Gasteiger partial charge is 0.309 e. The van der Waals surface area contributed by atoms with Gasteiger partial charge in [0, 0.05) is 42.5 Å². The Bertz CT molecular complexity index is 962. The first-order chi connectivity index (χ1) is 12.7. The Labute approximate surface area is 153 Å². The highest BCUT2D eigenvalue weighted by molar-refractivity contribution is 7.15. The lowest BCUT2D eigenvalue weighted by Crippen LogP contribution is -2.38. The van der Waals surface area contributed by atoms with Crippen LogP contribution in [0.2, 0.25) is 0 Å². The third kappa shape index (κ3) is 3.63. The van der Waals surface area contributed by atoms with Crippen LogP contribution in [0.25, 0.3) is 4.96 Å². The molecular formula is C17H18N6O2S. The molecule has 8 nitrogen and oxygen atoms in total. The summed E-state index contributed by atoms with van der Waals surface area (Å²) in [6.07, 6.45) is 7.94. The van der Waals surface area contributed by atoms with Crippen LogP contribution in [-0.4, -0.2) is 43.2 Å². The van der Waals surface area contributed by atoms with E-state index < -0.39 is 0 Å². The first-order valence-electron chi connectivity index (χ1n) is 8.44. The van der Waals surface area contributed by atoms with Gasteiger partial charge in [0.05, 0.1) is 11.9 Å².